The van der Waals surface area contributed by atoms with E-state index in [0.717, 1.165) is 19.4 Å². The molecule has 0 spiro atoms. The third-order valence-electron chi connectivity index (χ3n) is 3.94. The number of hydrogen-bond donors (Lipinski definition) is 2. The van der Waals surface area contributed by atoms with Crippen molar-refractivity contribution in [3.8, 4) is 0 Å². The third kappa shape index (κ3) is 7.06. The lowest BCUT2D eigenvalue weighted by Crippen LogP contribution is -2.32. The van der Waals surface area contributed by atoms with Crippen molar-refractivity contribution in [2.45, 2.75) is 58.9 Å². The van der Waals surface area contributed by atoms with Gasteiger partial charge in [0.2, 0.25) is 0 Å². The molecule has 0 saturated heterocycles. The molecule has 1 rings (SSSR count). The Morgan fingerprint density at radius 2 is 2.00 bits per heavy atom. The maximum atomic E-state index is 9.08. The van der Waals surface area contributed by atoms with Crippen LogP contribution >= 0.6 is 0 Å². The first-order valence-corrected chi connectivity index (χ1v) is 8.05. The molecule has 0 amide bonds. The van der Waals surface area contributed by atoms with E-state index in [2.05, 4.69) is 50.4 Å². The fourth-order valence-electron chi connectivity index (χ4n) is 2.66. The van der Waals surface area contributed by atoms with E-state index in [9.17, 15) is 0 Å². The van der Waals surface area contributed by atoms with Gasteiger partial charge < -0.3 is 10.4 Å². The van der Waals surface area contributed by atoms with Crippen LogP contribution in [-0.4, -0.2) is 24.3 Å². The quantitative estimate of drug-likeness (QED) is 0.683. The van der Waals surface area contributed by atoms with Gasteiger partial charge in [0.25, 0.3) is 0 Å². The second-order valence-electron chi connectivity index (χ2n) is 6.00. The minimum absolute atomic E-state index is 0.310. The van der Waals surface area contributed by atoms with Gasteiger partial charge in [-0.25, -0.2) is 0 Å². The number of aliphatic hydroxyl groups excluding tert-OH is 1. The molecule has 0 aliphatic carbocycles. The average molecular weight is 277 g/mol. The lowest BCUT2D eigenvalue weighted by atomic mass is 9.99. The molecule has 0 saturated carbocycles. The van der Waals surface area contributed by atoms with E-state index >= 15 is 0 Å². The SMILES string of the molecule is CCCC(CCO)CNC(C)CCc1cccc(C)c1. The zero-order chi connectivity index (χ0) is 14.8. The molecule has 0 fully saturated rings. The van der Waals surface area contributed by atoms with Crippen LogP contribution in [0.1, 0.15) is 50.7 Å². The Morgan fingerprint density at radius 1 is 1.20 bits per heavy atom. The first-order chi connectivity index (χ1) is 9.65. The molecule has 0 aliphatic heterocycles. The summed E-state index contributed by atoms with van der Waals surface area (Å²) in [6.07, 6.45) is 5.63. The van der Waals surface area contributed by atoms with Gasteiger partial charge in [0, 0.05) is 12.6 Å². The molecular weight excluding hydrogens is 246 g/mol. The molecule has 0 radical (unpaired) electrons. The summed E-state index contributed by atoms with van der Waals surface area (Å²) in [5.74, 6) is 0.617. The fraction of sp³-hybridized carbons (Fsp3) is 0.667. The summed E-state index contributed by atoms with van der Waals surface area (Å²) >= 11 is 0. The van der Waals surface area contributed by atoms with Gasteiger partial charge in [-0.1, -0.05) is 43.2 Å². The van der Waals surface area contributed by atoms with E-state index in [4.69, 9.17) is 5.11 Å². The van der Waals surface area contributed by atoms with Gasteiger partial charge in [-0.05, 0) is 57.6 Å². The maximum Gasteiger partial charge on any atom is 0.0434 e. The van der Waals surface area contributed by atoms with Gasteiger partial charge in [-0.2, -0.15) is 0 Å². The number of aryl methyl sites for hydroxylation is 2. The summed E-state index contributed by atoms with van der Waals surface area (Å²) in [4.78, 5) is 0. The summed E-state index contributed by atoms with van der Waals surface area (Å²) in [7, 11) is 0. The molecule has 2 atom stereocenters. The Labute approximate surface area is 124 Å². The first-order valence-electron chi connectivity index (χ1n) is 8.05. The minimum Gasteiger partial charge on any atom is -0.396 e. The molecule has 0 heterocycles. The van der Waals surface area contributed by atoms with Crippen molar-refractivity contribution in [1.82, 2.24) is 5.32 Å². The maximum absolute atomic E-state index is 9.08. The Morgan fingerprint density at radius 3 is 2.65 bits per heavy atom. The van der Waals surface area contributed by atoms with Crippen molar-refractivity contribution < 1.29 is 5.11 Å². The van der Waals surface area contributed by atoms with Crippen LogP contribution in [0.4, 0.5) is 0 Å². The Kier molecular flexibility index (Phi) is 8.56. The lowest BCUT2D eigenvalue weighted by Gasteiger charge is -2.20. The van der Waals surface area contributed by atoms with Crippen LogP contribution in [0.15, 0.2) is 24.3 Å². The van der Waals surface area contributed by atoms with E-state index < -0.39 is 0 Å². The molecule has 2 unspecified atom stereocenters. The van der Waals surface area contributed by atoms with E-state index in [-0.39, 0.29) is 0 Å². The summed E-state index contributed by atoms with van der Waals surface area (Å²) in [6.45, 7) is 7.96. The van der Waals surface area contributed by atoms with E-state index in [0.29, 0.717) is 18.6 Å². The van der Waals surface area contributed by atoms with Crippen LogP contribution in [0.25, 0.3) is 0 Å². The fourth-order valence-corrected chi connectivity index (χ4v) is 2.66. The van der Waals surface area contributed by atoms with E-state index in [1.807, 2.05) is 0 Å². The molecule has 2 N–H and O–H groups in total. The Balaban J connectivity index is 2.27. The van der Waals surface area contributed by atoms with E-state index in [1.165, 1.54) is 30.4 Å². The van der Waals surface area contributed by atoms with Crippen LogP contribution in [-0.2, 0) is 6.42 Å². The minimum atomic E-state index is 0.310. The molecule has 20 heavy (non-hydrogen) atoms. The predicted molar refractivity (Wildman–Crippen MR) is 87.1 cm³/mol. The van der Waals surface area contributed by atoms with Crippen LogP contribution in [0.5, 0.6) is 0 Å². The average Bonchev–Trinajstić information content (AvgIpc) is 2.43. The number of aliphatic hydroxyl groups is 1. The van der Waals surface area contributed by atoms with Crippen LogP contribution in [0, 0.1) is 12.8 Å². The third-order valence-corrected chi connectivity index (χ3v) is 3.94. The highest BCUT2D eigenvalue weighted by atomic mass is 16.3. The zero-order valence-corrected chi connectivity index (χ0v) is 13.4. The number of rotatable bonds is 10. The molecule has 1 aromatic rings. The number of benzene rings is 1. The molecule has 1 aromatic carbocycles. The normalized spacial score (nSPS) is 14.2. The molecule has 114 valence electrons. The standard InChI is InChI=1S/C18H31NO/c1-4-6-18(11-12-20)14-19-16(3)9-10-17-8-5-7-15(2)13-17/h5,7-8,13,16,18-20H,4,6,9-12,14H2,1-3H3. The van der Waals surface area contributed by atoms with Crippen molar-refractivity contribution in [3.63, 3.8) is 0 Å². The largest absolute Gasteiger partial charge is 0.396 e. The van der Waals surface area contributed by atoms with Gasteiger partial charge >= 0.3 is 0 Å². The summed E-state index contributed by atoms with van der Waals surface area (Å²) < 4.78 is 0. The van der Waals surface area contributed by atoms with Crippen LogP contribution in [0.2, 0.25) is 0 Å². The highest BCUT2D eigenvalue weighted by Crippen LogP contribution is 2.11. The van der Waals surface area contributed by atoms with Crippen molar-refractivity contribution in [2.24, 2.45) is 5.92 Å². The highest BCUT2D eigenvalue weighted by Gasteiger charge is 2.09. The van der Waals surface area contributed by atoms with Crippen molar-refractivity contribution in [2.75, 3.05) is 13.2 Å². The monoisotopic (exact) mass is 277 g/mol. The molecular formula is C18H31NO. The second kappa shape index (κ2) is 9.95. The molecule has 2 nitrogen and oxygen atoms in total. The first kappa shape index (κ1) is 17.2. The number of nitrogens with one attached hydrogen (secondary N) is 1. The molecule has 2 heteroatoms. The molecule has 0 aliphatic rings. The molecule has 0 bridgehead atoms. The summed E-state index contributed by atoms with van der Waals surface area (Å²) in [5.41, 5.74) is 2.77. The van der Waals surface area contributed by atoms with Crippen LogP contribution < -0.4 is 5.32 Å². The van der Waals surface area contributed by atoms with Gasteiger partial charge in [-0.15, -0.1) is 0 Å². The van der Waals surface area contributed by atoms with Crippen molar-refractivity contribution >= 4 is 0 Å². The topological polar surface area (TPSA) is 32.3 Å². The van der Waals surface area contributed by atoms with Gasteiger partial charge in [0.1, 0.15) is 0 Å². The van der Waals surface area contributed by atoms with Gasteiger partial charge in [-0.3, -0.25) is 0 Å². The highest BCUT2D eigenvalue weighted by molar-refractivity contribution is 5.22. The Bertz CT molecular complexity index is 358. The smallest absolute Gasteiger partial charge is 0.0434 e. The van der Waals surface area contributed by atoms with Crippen molar-refractivity contribution in [1.29, 1.82) is 0 Å². The molecule has 0 aromatic heterocycles. The lowest BCUT2D eigenvalue weighted by molar-refractivity contribution is 0.245. The number of hydrogen-bond acceptors (Lipinski definition) is 2. The Hall–Kier alpha value is -0.860. The second-order valence-corrected chi connectivity index (χ2v) is 6.00. The van der Waals surface area contributed by atoms with E-state index in [1.54, 1.807) is 0 Å². The van der Waals surface area contributed by atoms with Gasteiger partial charge in [0.15, 0.2) is 0 Å². The zero-order valence-electron chi connectivity index (χ0n) is 13.4. The predicted octanol–water partition coefficient (Wildman–Crippen LogP) is 3.70. The van der Waals surface area contributed by atoms with Gasteiger partial charge in [0.05, 0.1) is 0 Å². The van der Waals surface area contributed by atoms with Crippen LogP contribution in [0.3, 0.4) is 0 Å². The summed E-state index contributed by atoms with van der Waals surface area (Å²) in [5, 5.41) is 12.7. The summed E-state index contributed by atoms with van der Waals surface area (Å²) in [6, 6.07) is 9.31. The van der Waals surface area contributed by atoms with Crippen molar-refractivity contribution in [3.05, 3.63) is 35.4 Å².